The third kappa shape index (κ3) is 8.74. The molecule has 3 aromatic heterocycles. The van der Waals surface area contributed by atoms with Crippen LogP contribution in [0.1, 0.15) is 51.3 Å². The Balaban J connectivity index is 0.00000533. The van der Waals surface area contributed by atoms with Gasteiger partial charge in [0.15, 0.2) is 0 Å². The Morgan fingerprint density at radius 2 is 1.31 bits per heavy atom. The molecule has 6 heteroatoms. The summed E-state index contributed by atoms with van der Waals surface area (Å²) in [5.41, 5.74) is 15.6. The Morgan fingerprint density at radius 1 is 0.631 bits per heavy atom. The molecule has 7 aromatic carbocycles. The normalized spacial score (nSPS) is 11.6. The maximum atomic E-state index is 6.76. The fourth-order valence-corrected chi connectivity index (χ4v) is 9.11. The number of para-hydroxylation sites is 1. The van der Waals surface area contributed by atoms with Gasteiger partial charge in [-0.25, -0.2) is 4.98 Å². The largest absolute Gasteiger partial charge is 2.00 e. The van der Waals surface area contributed by atoms with E-state index in [1.54, 1.807) is 0 Å². The third-order valence-electron chi connectivity index (χ3n) is 11.9. The van der Waals surface area contributed by atoms with Gasteiger partial charge in [-0.3, -0.25) is 4.68 Å². The summed E-state index contributed by atoms with van der Waals surface area (Å²) < 4.78 is 10.9. The van der Waals surface area contributed by atoms with E-state index in [9.17, 15) is 0 Å². The van der Waals surface area contributed by atoms with Crippen LogP contribution in [0.5, 0.6) is 11.5 Å². The first-order valence-electron chi connectivity index (χ1n) is 22.1. The standard InChI is InChI=1S/C59H50N4O.Pt/c1-39(2)29-41-32-46(62-38-45(37-61-62)49-21-13-15-23-54(49)59(4,5)6)35-48(33-41)64-47-25-26-51-50-22-14-16-24-55(50)63(56(51)36-47)57-34-44(27-28-60-57)58-52(42-17-9-7-10-18-42)30-40(3)31-53(58)43-19-11-8-12-20-43;/h7-28,30-34,37-39H,29H2,1-6H3;/q-2;+2. The van der Waals surface area contributed by atoms with E-state index < -0.39 is 0 Å². The van der Waals surface area contributed by atoms with Crippen molar-refractivity contribution in [2.45, 2.75) is 53.4 Å². The first-order valence-corrected chi connectivity index (χ1v) is 22.1. The van der Waals surface area contributed by atoms with Crippen molar-refractivity contribution in [2.75, 3.05) is 0 Å². The molecule has 0 spiro atoms. The molecule has 10 rings (SSSR count). The topological polar surface area (TPSA) is 44.9 Å². The van der Waals surface area contributed by atoms with E-state index >= 15 is 0 Å². The van der Waals surface area contributed by atoms with Gasteiger partial charge >= 0.3 is 21.1 Å². The van der Waals surface area contributed by atoms with Crippen molar-refractivity contribution in [2.24, 2.45) is 5.92 Å². The molecular formula is C59H50N4OPt. The molecule has 0 aliphatic heterocycles. The summed E-state index contributed by atoms with van der Waals surface area (Å²) in [7, 11) is 0. The Morgan fingerprint density at radius 3 is 2.02 bits per heavy atom. The number of aromatic nitrogens is 4. The zero-order valence-corrected chi connectivity index (χ0v) is 39.8. The number of ether oxygens (including phenoxy) is 1. The summed E-state index contributed by atoms with van der Waals surface area (Å²) in [6, 6.07) is 63.0. The minimum Gasteiger partial charge on any atom is -0.509 e. The van der Waals surface area contributed by atoms with Crippen LogP contribution in [-0.4, -0.2) is 19.3 Å². The van der Waals surface area contributed by atoms with Gasteiger partial charge in [0.1, 0.15) is 5.82 Å². The van der Waals surface area contributed by atoms with E-state index in [2.05, 4.69) is 216 Å². The van der Waals surface area contributed by atoms with Crippen LogP contribution < -0.4 is 4.74 Å². The fourth-order valence-electron chi connectivity index (χ4n) is 9.11. The molecule has 322 valence electrons. The van der Waals surface area contributed by atoms with E-state index in [1.807, 2.05) is 23.1 Å². The minimum atomic E-state index is -0.00985. The maximum Gasteiger partial charge on any atom is 2.00 e. The molecule has 10 aromatic rings. The van der Waals surface area contributed by atoms with Gasteiger partial charge in [-0.1, -0.05) is 155 Å². The first-order chi connectivity index (χ1) is 31.1. The molecule has 0 atom stereocenters. The number of fused-ring (bicyclic) bond motifs is 3. The maximum absolute atomic E-state index is 6.76. The van der Waals surface area contributed by atoms with Crippen LogP contribution in [0.3, 0.4) is 0 Å². The number of hydrogen-bond donors (Lipinski definition) is 0. The SMILES string of the molecule is Cc1cc(-c2ccccc2)c(-c2ccnc(-n3c4[c-]c(Oc5[c-]c(-n6cc(-c7ccccc7C(C)(C)C)cn6)cc(CC(C)C)c5)ccc4c4ccccc43)c2)c(-c2ccccc2)c1.[Pt+2]. The predicted molar refractivity (Wildman–Crippen MR) is 264 cm³/mol. The van der Waals surface area contributed by atoms with Gasteiger partial charge < -0.3 is 9.30 Å². The Hall–Kier alpha value is -6.81. The number of nitrogens with zero attached hydrogens (tertiary/aromatic N) is 4. The zero-order valence-electron chi connectivity index (χ0n) is 37.5. The van der Waals surface area contributed by atoms with Crippen molar-refractivity contribution in [3.8, 4) is 67.5 Å². The molecule has 3 heterocycles. The summed E-state index contributed by atoms with van der Waals surface area (Å²) in [6.45, 7) is 13.4. The van der Waals surface area contributed by atoms with Crippen LogP contribution in [0.25, 0.3) is 77.8 Å². The van der Waals surface area contributed by atoms with Crippen molar-refractivity contribution < 1.29 is 25.8 Å². The smallest absolute Gasteiger partial charge is 0.509 e. The van der Waals surface area contributed by atoms with Gasteiger partial charge in [0.25, 0.3) is 0 Å². The second kappa shape index (κ2) is 18.0. The van der Waals surface area contributed by atoms with Crippen LogP contribution >= 0.6 is 0 Å². The van der Waals surface area contributed by atoms with Gasteiger partial charge in [-0.2, -0.15) is 16.7 Å². The van der Waals surface area contributed by atoms with Crippen molar-refractivity contribution in [3.63, 3.8) is 0 Å². The summed E-state index contributed by atoms with van der Waals surface area (Å²) >= 11 is 0. The second-order valence-corrected chi connectivity index (χ2v) is 18.2. The first kappa shape index (κ1) is 43.4. The molecule has 0 aliphatic rings. The van der Waals surface area contributed by atoms with Crippen molar-refractivity contribution >= 4 is 21.8 Å². The van der Waals surface area contributed by atoms with E-state index in [0.717, 1.165) is 62.0 Å². The molecule has 5 nitrogen and oxygen atoms in total. The summed E-state index contributed by atoms with van der Waals surface area (Å²) in [5, 5.41) is 7.04. The quantitative estimate of drug-likeness (QED) is 0.128. The van der Waals surface area contributed by atoms with Crippen molar-refractivity contribution in [3.05, 3.63) is 205 Å². The Bertz CT molecular complexity index is 3240. The van der Waals surface area contributed by atoms with Crippen LogP contribution in [0.2, 0.25) is 0 Å². The van der Waals surface area contributed by atoms with E-state index in [-0.39, 0.29) is 26.5 Å². The average molecular weight is 1030 g/mol. The Kier molecular flexibility index (Phi) is 12.0. The van der Waals surface area contributed by atoms with Crippen LogP contribution in [0, 0.1) is 25.0 Å². The number of rotatable bonds is 10. The molecule has 0 radical (unpaired) electrons. The van der Waals surface area contributed by atoms with E-state index in [1.165, 1.54) is 38.9 Å². The zero-order chi connectivity index (χ0) is 44.0. The molecular weight excluding hydrogens is 976 g/mol. The molecule has 0 amide bonds. The predicted octanol–water partition coefficient (Wildman–Crippen LogP) is 15.2. The molecule has 0 fully saturated rings. The van der Waals surface area contributed by atoms with Crippen LogP contribution in [0.15, 0.2) is 176 Å². The van der Waals surface area contributed by atoms with Gasteiger partial charge in [-0.05, 0) is 104 Å². The summed E-state index contributed by atoms with van der Waals surface area (Å²) in [5.74, 6) is 2.45. The number of benzene rings is 7. The average Bonchev–Trinajstić information content (AvgIpc) is 3.92. The van der Waals surface area contributed by atoms with E-state index in [0.29, 0.717) is 17.4 Å². The third-order valence-corrected chi connectivity index (χ3v) is 11.9. The van der Waals surface area contributed by atoms with Crippen molar-refractivity contribution in [1.82, 2.24) is 19.3 Å². The van der Waals surface area contributed by atoms with E-state index in [4.69, 9.17) is 14.8 Å². The van der Waals surface area contributed by atoms with Gasteiger partial charge in [0.2, 0.25) is 0 Å². The number of hydrogen-bond acceptors (Lipinski definition) is 3. The van der Waals surface area contributed by atoms with Crippen molar-refractivity contribution in [1.29, 1.82) is 0 Å². The van der Waals surface area contributed by atoms with Gasteiger partial charge in [0.05, 0.1) is 6.20 Å². The molecule has 0 unspecified atom stereocenters. The molecule has 0 saturated heterocycles. The van der Waals surface area contributed by atoms with Crippen LogP contribution in [-0.2, 0) is 32.9 Å². The molecule has 0 N–H and O–H groups in total. The summed E-state index contributed by atoms with van der Waals surface area (Å²) in [6.07, 6.45) is 6.85. The van der Waals surface area contributed by atoms with Gasteiger partial charge in [0, 0.05) is 35.0 Å². The van der Waals surface area contributed by atoms with Gasteiger partial charge in [-0.15, -0.1) is 35.7 Å². The molecule has 0 aliphatic carbocycles. The molecule has 0 saturated carbocycles. The van der Waals surface area contributed by atoms with Crippen LogP contribution in [0.4, 0.5) is 0 Å². The number of aryl methyl sites for hydroxylation is 1. The number of pyridine rings is 1. The monoisotopic (exact) mass is 1030 g/mol. The Labute approximate surface area is 396 Å². The second-order valence-electron chi connectivity index (χ2n) is 18.2. The summed E-state index contributed by atoms with van der Waals surface area (Å²) in [4.78, 5) is 5.06. The molecule has 65 heavy (non-hydrogen) atoms. The fraction of sp³-hybridized carbons (Fsp3) is 0.153. The molecule has 0 bridgehead atoms. The minimum absolute atomic E-state index is 0.